The van der Waals surface area contributed by atoms with Crippen molar-refractivity contribution >= 4 is 13.7 Å². The van der Waals surface area contributed by atoms with E-state index in [0.717, 1.165) is 44.9 Å². The molecule has 3 unspecified atom stereocenters. The van der Waals surface area contributed by atoms with Gasteiger partial charge in [0.25, 0.3) is 0 Å². The molecule has 402 valence electrons. The molecule has 0 saturated carbocycles. The number of nitrogens with zero attached hydrogens (tertiary/aromatic N) is 1. The number of quaternary nitrogens is 1. The van der Waals surface area contributed by atoms with E-state index in [1.165, 1.54) is 218 Å². The van der Waals surface area contributed by atoms with Gasteiger partial charge in [0.1, 0.15) is 13.2 Å². The van der Waals surface area contributed by atoms with Gasteiger partial charge >= 0.3 is 7.82 Å². The molecule has 3 atom stereocenters. The highest BCUT2D eigenvalue weighted by molar-refractivity contribution is 7.47. The lowest BCUT2D eigenvalue weighted by Crippen LogP contribution is -2.45. The van der Waals surface area contributed by atoms with Crippen LogP contribution in [-0.4, -0.2) is 73.4 Å². The zero-order valence-corrected chi connectivity index (χ0v) is 46.8. The van der Waals surface area contributed by atoms with Crippen LogP contribution >= 0.6 is 7.82 Å². The summed E-state index contributed by atoms with van der Waals surface area (Å²) < 4.78 is 23.7. The molecule has 0 saturated heterocycles. The molecule has 0 aliphatic heterocycles. The number of likely N-dealkylation sites (N-methyl/N-ethyl adjacent to an activating group) is 1. The highest BCUT2D eigenvalue weighted by atomic mass is 31.2. The Labute approximate surface area is 423 Å². The standard InChI is InChI=1S/C59H115N2O6P/c1-6-8-10-12-14-16-18-20-22-24-25-26-27-28-29-30-31-32-33-34-35-36-37-38-40-42-44-46-48-50-52-58(62)57(56-67-68(64,65)66-55-54-61(3,4)5)60-59(63)53-51-49-47-45-43-41-39-23-21-19-17-15-13-11-9-7-2/h36-37,42,44,50,52,57-58,62H,6-35,38-41,43,45-49,51,53-56H2,1-5H3,(H-,60,63,64,65)/p+1/b37-36+,44-42+,52-50+. The minimum Gasteiger partial charge on any atom is -0.387 e. The van der Waals surface area contributed by atoms with Crippen LogP contribution in [0.2, 0.25) is 0 Å². The van der Waals surface area contributed by atoms with Crippen LogP contribution in [0.4, 0.5) is 0 Å². The third-order valence-corrected chi connectivity index (χ3v) is 14.3. The first kappa shape index (κ1) is 66.7. The van der Waals surface area contributed by atoms with Gasteiger partial charge in [-0.1, -0.05) is 269 Å². The molecule has 0 aromatic rings. The van der Waals surface area contributed by atoms with Crippen molar-refractivity contribution in [3.8, 4) is 0 Å². The summed E-state index contributed by atoms with van der Waals surface area (Å²) in [5.74, 6) is -0.187. The van der Waals surface area contributed by atoms with Crippen LogP contribution < -0.4 is 5.32 Å². The van der Waals surface area contributed by atoms with E-state index in [1.807, 2.05) is 27.2 Å². The molecule has 0 aliphatic carbocycles. The number of unbranched alkanes of at least 4 members (excludes halogenated alkanes) is 37. The number of phosphoric acid groups is 1. The predicted octanol–water partition coefficient (Wildman–Crippen LogP) is 17.8. The maximum Gasteiger partial charge on any atom is 0.472 e. The molecule has 0 aliphatic rings. The van der Waals surface area contributed by atoms with Crippen LogP contribution in [-0.2, 0) is 18.4 Å². The highest BCUT2D eigenvalue weighted by Gasteiger charge is 2.27. The molecule has 0 bridgehead atoms. The van der Waals surface area contributed by atoms with E-state index in [9.17, 15) is 19.4 Å². The Balaban J connectivity index is 4.20. The topological polar surface area (TPSA) is 105 Å². The molecule has 0 spiro atoms. The fourth-order valence-electron chi connectivity index (χ4n) is 8.72. The van der Waals surface area contributed by atoms with Crippen LogP contribution in [0.1, 0.15) is 284 Å². The van der Waals surface area contributed by atoms with Crippen LogP contribution in [0.15, 0.2) is 36.5 Å². The fraction of sp³-hybridized carbons (Fsp3) is 0.881. The molecule has 0 radical (unpaired) electrons. The summed E-state index contributed by atoms with van der Waals surface area (Å²) in [6, 6.07) is -0.867. The highest BCUT2D eigenvalue weighted by Crippen LogP contribution is 2.43. The number of aliphatic hydroxyl groups excluding tert-OH is 1. The van der Waals surface area contributed by atoms with Crippen molar-refractivity contribution < 1.29 is 32.9 Å². The van der Waals surface area contributed by atoms with E-state index in [1.54, 1.807) is 6.08 Å². The Hall–Kier alpha value is -1.28. The molecule has 8 nitrogen and oxygen atoms in total. The lowest BCUT2D eigenvalue weighted by Gasteiger charge is -2.25. The second-order valence-electron chi connectivity index (χ2n) is 21.4. The van der Waals surface area contributed by atoms with Gasteiger partial charge in [0.05, 0.1) is 39.9 Å². The molecule has 68 heavy (non-hydrogen) atoms. The third-order valence-electron chi connectivity index (χ3n) is 13.3. The van der Waals surface area contributed by atoms with Gasteiger partial charge in [0.15, 0.2) is 0 Å². The molecule has 0 aromatic heterocycles. The van der Waals surface area contributed by atoms with Crippen LogP contribution in [0.25, 0.3) is 0 Å². The smallest absolute Gasteiger partial charge is 0.387 e. The second-order valence-corrected chi connectivity index (χ2v) is 22.8. The van der Waals surface area contributed by atoms with Gasteiger partial charge in [0, 0.05) is 6.42 Å². The average Bonchev–Trinajstić information content (AvgIpc) is 3.30. The number of phosphoric ester groups is 1. The summed E-state index contributed by atoms with van der Waals surface area (Å²) in [4.78, 5) is 23.3. The zero-order chi connectivity index (χ0) is 49.9. The number of allylic oxidation sites excluding steroid dienone is 5. The first-order valence-electron chi connectivity index (χ1n) is 29.4. The molecule has 0 rings (SSSR count). The number of nitrogens with one attached hydrogen (secondary N) is 1. The second kappa shape index (κ2) is 50.7. The van der Waals surface area contributed by atoms with Crippen LogP contribution in [0.5, 0.6) is 0 Å². The molecular formula is C59H116N2O6P+. The molecular weight excluding hydrogens is 864 g/mol. The number of rotatable bonds is 54. The molecule has 9 heteroatoms. The summed E-state index contributed by atoms with van der Waals surface area (Å²) >= 11 is 0. The van der Waals surface area contributed by atoms with Gasteiger partial charge in [-0.2, -0.15) is 0 Å². The van der Waals surface area contributed by atoms with Gasteiger partial charge in [-0.3, -0.25) is 13.8 Å². The lowest BCUT2D eigenvalue weighted by atomic mass is 10.0. The van der Waals surface area contributed by atoms with Crippen molar-refractivity contribution in [3.63, 3.8) is 0 Å². The molecule has 0 fully saturated rings. The summed E-state index contributed by atoms with van der Waals surface area (Å²) in [5, 5.41) is 13.9. The van der Waals surface area contributed by atoms with Crippen molar-refractivity contribution in [1.29, 1.82) is 0 Å². The van der Waals surface area contributed by atoms with Gasteiger partial charge in [0.2, 0.25) is 5.91 Å². The van der Waals surface area contributed by atoms with Crippen molar-refractivity contribution in [2.75, 3.05) is 40.9 Å². The third kappa shape index (κ3) is 52.5. The minimum atomic E-state index is -4.36. The average molecular weight is 981 g/mol. The van der Waals surface area contributed by atoms with Crippen molar-refractivity contribution in [3.05, 3.63) is 36.5 Å². The van der Waals surface area contributed by atoms with Crippen molar-refractivity contribution in [2.45, 2.75) is 296 Å². The normalized spacial score (nSPS) is 14.2. The fourth-order valence-corrected chi connectivity index (χ4v) is 9.46. The van der Waals surface area contributed by atoms with Gasteiger partial charge in [-0.15, -0.1) is 0 Å². The molecule has 0 aromatic carbocycles. The first-order valence-corrected chi connectivity index (χ1v) is 30.9. The van der Waals surface area contributed by atoms with E-state index >= 15 is 0 Å². The van der Waals surface area contributed by atoms with Crippen LogP contribution in [0.3, 0.4) is 0 Å². The van der Waals surface area contributed by atoms with E-state index < -0.39 is 20.0 Å². The first-order chi connectivity index (χ1) is 33.0. The monoisotopic (exact) mass is 980 g/mol. The van der Waals surface area contributed by atoms with E-state index in [4.69, 9.17) is 9.05 Å². The van der Waals surface area contributed by atoms with E-state index in [0.29, 0.717) is 17.4 Å². The Morgan fingerprint density at radius 2 is 0.809 bits per heavy atom. The van der Waals surface area contributed by atoms with Crippen molar-refractivity contribution in [1.82, 2.24) is 5.32 Å². The molecule has 3 N–H and O–H groups in total. The Kier molecular flexibility index (Phi) is 49.7. The van der Waals surface area contributed by atoms with Gasteiger partial charge < -0.3 is 19.8 Å². The number of hydrogen-bond donors (Lipinski definition) is 3. The summed E-state index contributed by atoms with van der Waals surface area (Å²) in [6.45, 7) is 4.82. The SMILES string of the molecule is CCCCCCCCCCCCCCCCCCCCCC/C=C/CC/C=C/CC/C=C/C(O)C(COP(=O)(O)OCC[N+](C)(C)C)NC(=O)CCCCCCCCCCCCCCCCCC. The van der Waals surface area contributed by atoms with Crippen LogP contribution in [0, 0.1) is 0 Å². The van der Waals surface area contributed by atoms with Gasteiger partial charge in [-0.25, -0.2) is 4.57 Å². The lowest BCUT2D eigenvalue weighted by molar-refractivity contribution is -0.870. The largest absolute Gasteiger partial charge is 0.472 e. The Morgan fingerprint density at radius 3 is 1.18 bits per heavy atom. The maximum atomic E-state index is 12.9. The number of amides is 1. The quantitative estimate of drug-likeness (QED) is 0.0243. The zero-order valence-electron chi connectivity index (χ0n) is 45.9. The number of aliphatic hydroxyl groups is 1. The number of carbonyl (C=O) groups excluding carboxylic acids is 1. The predicted molar refractivity (Wildman–Crippen MR) is 295 cm³/mol. The van der Waals surface area contributed by atoms with E-state index in [-0.39, 0.29) is 19.1 Å². The van der Waals surface area contributed by atoms with Crippen molar-refractivity contribution in [2.24, 2.45) is 0 Å². The summed E-state index contributed by atoms with van der Waals surface area (Å²) in [5.41, 5.74) is 0. The number of carbonyl (C=O) groups is 1. The Morgan fingerprint density at radius 1 is 0.485 bits per heavy atom. The van der Waals surface area contributed by atoms with Gasteiger partial charge in [-0.05, 0) is 44.9 Å². The molecule has 0 heterocycles. The summed E-state index contributed by atoms with van der Waals surface area (Å²) in [7, 11) is 1.56. The maximum absolute atomic E-state index is 12.9. The summed E-state index contributed by atoms with van der Waals surface area (Å²) in [6.07, 6.45) is 65.5. The Bertz CT molecular complexity index is 1200. The van der Waals surface area contributed by atoms with E-state index in [2.05, 4.69) is 43.5 Å². The number of hydrogen-bond acceptors (Lipinski definition) is 5. The minimum absolute atomic E-state index is 0.0550. The molecule has 1 amide bonds.